The van der Waals surface area contributed by atoms with Gasteiger partial charge in [-0.05, 0) is 54.8 Å². The van der Waals surface area contributed by atoms with E-state index >= 15 is 0 Å². The highest BCUT2D eigenvalue weighted by Gasteiger charge is 2.25. The van der Waals surface area contributed by atoms with E-state index in [2.05, 4.69) is 27.9 Å². The molecule has 1 rings (SSSR count). The van der Waals surface area contributed by atoms with Crippen LogP contribution in [-0.4, -0.2) is 22.7 Å². The Kier molecular flexibility index (Phi) is 4.13. The first kappa shape index (κ1) is 12.9. The molecular weight excluding hydrogens is 325 g/mol. The number of carbonyl (C=O) groups is 1. The first-order chi connectivity index (χ1) is 6.82. The van der Waals surface area contributed by atoms with E-state index in [4.69, 9.17) is 0 Å². The predicted molar refractivity (Wildman–Crippen MR) is 70.3 cm³/mol. The zero-order valence-corrected chi connectivity index (χ0v) is 11.8. The van der Waals surface area contributed by atoms with Crippen molar-refractivity contribution in [2.75, 3.05) is 0 Å². The fraction of sp³-hybridized carbons (Fsp3) is 0.500. The van der Waals surface area contributed by atoms with Crippen LogP contribution in [0.3, 0.4) is 0 Å². The molecule has 0 aromatic carbocycles. The van der Waals surface area contributed by atoms with E-state index in [1.54, 1.807) is 20.8 Å². The van der Waals surface area contributed by atoms with Gasteiger partial charge in [0.2, 0.25) is 0 Å². The van der Waals surface area contributed by atoms with Crippen LogP contribution in [0.2, 0.25) is 0 Å². The molecule has 0 fully saturated rings. The Bertz CT molecular complexity index is 357. The molecule has 1 amide bonds. The summed E-state index contributed by atoms with van der Waals surface area (Å²) >= 11 is 3.53. The summed E-state index contributed by atoms with van der Waals surface area (Å²) in [7, 11) is 0. The summed E-state index contributed by atoms with van der Waals surface area (Å²) in [6.07, 6.45) is 0. The van der Waals surface area contributed by atoms with Crippen molar-refractivity contribution >= 4 is 39.8 Å². The maximum atomic E-state index is 11.8. The number of hydrogen-bond donors (Lipinski definition) is 2. The highest BCUT2D eigenvalue weighted by Crippen LogP contribution is 2.19. The number of carbonyl (C=O) groups excluding carboxylic acids is 1. The molecule has 0 radical (unpaired) electrons. The van der Waals surface area contributed by atoms with Gasteiger partial charge in [0, 0.05) is 3.57 Å². The fourth-order valence-corrected chi connectivity index (χ4v) is 2.63. The average molecular weight is 339 g/mol. The fourth-order valence-electron chi connectivity index (χ4n) is 0.895. The molecule has 3 nitrogen and oxygen atoms in total. The van der Waals surface area contributed by atoms with Crippen molar-refractivity contribution in [3.8, 4) is 0 Å². The highest BCUT2D eigenvalue weighted by atomic mass is 127. The minimum atomic E-state index is -0.904. The van der Waals surface area contributed by atoms with Crippen molar-refractivity contribution in [3.63, 3.8) is 0 Å². The Morgan fingerprint density at radius 3 is 2.67 bits per heavy atom. The third-order valence-corrected chi connectivity index (χ3v) is 4.41. The molecule has 0 bridgehead atoms. The molecule has 84 valence electrons. The molecule has 1 atom stereocenters. The molecule has 1 unspecified atom stereocenters. The zero-order valence-electron chi connectivity index (χ0n) is 8.87. The van der Waals surface area contributed by atoms with Gasteiger partial charge in [-0.3, -0.25) is 4.79 Å². The third-order valence-electron chi connectivity index (χ3n) is 2.23. The van der Waals surface area contributed by atoms with E-state index in [-0.39, 0.29) is 11.9 Å². The number of hydrogen-bond acceptors (Lipinski definition) is 3. The van der Waals surface area contributed by atoms with Crippen LogP contribution in [0.1, 0.15) is 30.4 Å². The molecule has 0 aliphatic carbocycles. The molecule has 1 aromatic heterocycles. The summed E-state index contributed by atoms with van der Waals surface area (Å²) in [6.45, 7) is 5.15. The first-order valence-electron chi connectivity index (χ1n) is 4.58. The second-order valence-corrected chi connectivity index (χ2v) is 6.02. The van der Waals surface area contributed by atoms with E-state index in [9.17, 15) is 9.90 Å². The predicted octanol–water partition coefficient (Wildman–Crippen LogP) is 2.24. The van der Waals surface area contributed by atoms with Gasteiger partial charge >= 0.3 is 0 Å². The maximum absolute atomic E-state index is 11.8. The Balaban J connectivity index is 2.69. The van der Waals surface area contributed by atoms with Crippen LogP contribution in [0.5, 0.6) is 0 Å². The van der Waals surface area contributed by atoms with Crippen molar-refractivity contribution in [2.45, 2.75) is 32.4 Å². The Morgan fingerprint density at radius 2 is 2.27 bits per heavy atom. The highest BCUT2D eigenvalue weighted by molar-refractivity contribution is 14.1. The van der Waals surface area contributed by atoms with Gasteiger partial charge in [0.15, 0.2) is 0 Å². The van der Waals surface area contributed by atoms with Crippen molar-refractivity contribution in [1.82, 2.24) is 5.32 Å². The molecule has 1 aromatic rings. The van der Waals surface area contributed by atoms with E-state index in [0.717, 1.165) is 3.57 Å². The van der Waals surface area contributed by atoms with Crippen LogP contribution in [0.4, 0.5) is 0 Å². The number of rotatable bonds is 3. The van der Waals surface area contributed by atoms with Gasteiger partial charge in [-0.15, -0.1) is 11.3 Å². The summed E-state index contributed by atoms with van der Waals surface area (Å²) < 4.78 is 0.943. The molecule has 0 aliphatic heterocycles. The second-order valence-electron chi connectivity index (χ2n) is 3.95. The van der Waals surface area contributed by atoms with Crippen LogP contribution in [0.25, 0.3) is 0 Å². The molecule has 0 spiro atoms. The van der Waals surface area contributed by atoms with E-state index in [1.165, 1.54) is 11.3 Å². The second kappa shape index (κ2) is 4.80. The Hall–Kier alpha value is -0.140. The number of nitrogens with one attached hydrogen (secondary N) is 1. The number of thiophene rings is 1. The van der Waals surface area contributed by atoms with Gasteiger partial charge in [-0.25, -0.2) is 0 Å². The van der Waals surface area contributed by atoms with E-state index in [0.29, 0.717) is 4.88 Å². The average Bonchev–Trinajstić information content (AvgIpc) is 2.49. The van der Waals surface area contributed by atoms with Crippen LogP contribution in [0.15, 0.2) is 11.4 Å². The molecule has 0 aliphatic rings. The molecule has 1 heterocycles. The van der Waals surface area contributed by atoms with E-state index < -0.39 is 5.60 Å². The topological polar surface area (TPSA) is 49.3 Å². The molecular formula is C10H14INO2S. The van der Waals surface area contributed by atoms with Gasteiger partial charge in [0.25, 0.3) is 5.91 Å². The Labute approximate surface area is 107 Å². The lowest BCUT2D eigenvalue weighted by atomic mass is 10.0. The van der Waals surface area contributed by atoms with Crippen LogP contribution in [-0.2, 0) is 0 Å². The van der Waals surface area contributed by atoms with Gasteiger partial charge in [0.05, 0.1) is 11.6 Å². The standard InChI is InChI=1S/C10H14INO2S/c1-6(10(2,3)14)12-9(13)8-7(11)4-5-15-8/h4-6,14H,1-3H3,(H,12,13). The van der Waals surface area contributed by atoms with Crippen molar-refractivity contribution in [3.05, 3.63) is 19.9 Å². The number of amides is 1. The first-order valence-corrected chi connectivity index (χ1v) is 6.54. The summed E-state index contributed by atoms with van der Waals surface area (Å²) in [6, 6.07) is 1.62. The minimum Gasteiger partial charge on any atom is -0.388 e. The summed E-state index contributed by atoms with van der Waals surface area (Å²) in [5, 5.41) is 14.3. The van der Waals surface area contributed by atoms with Gasteiger partial charge in [-0.2, -0.15) is 0 Å². The van der Waals surface area contributed by atoms with Crippen molar-refractivity contribution in [1.29, 1.82) is 0 Å². The quantitative estimate of drug-likeness (QED) is 0.830. The Morgan fingerprint density at radius 1 is 1.67 bits per heavy atom. The van der Waals surface area contributed by atoms with Gasteiger partial charge in [0.1, 0.15) is 4.88 Å². The lowest BCUT2D eigenvalue weighted by molar-refractivity contribution is 0.0410. The molecule has 0 saturated heterocycles. The lowest BCUT2D eigenvalue weighted by Gasteiger charge is -2.26. The SMILES string of the molecule is CC(NC(=O)c1sccc1I)C(C)(C)O. The van der Waals surface area contributed by atoms with Gasteiger partial charge < -0.3 is 10.4 Å². The van der Waals surface area contributed by atoms with E-state index in [1.807, 2.05) is 11.4 Å². The van der Waals surface area contributed by atoms with Crippen LogP contribution in [0, 0.1) is 3.57 Å². The van der Waals surface area contributed by atoms with Crippen LogP contribution >= 0.6 is 33.9 Å². The van der Waals surface area contributed by atoms with Crippen molar-refractivity contribution < 1.29 is 9.90 Å². The maximum Gasteiger partial charge on any atom is 0.262 e. The molecule has 2 N–H and O–H groups in total. The number of halogens is 1. The molecule has 15 heavy (non-hydrogen) atoms. The summed E-state index contributed by atoms with van der Waals surface area (Å²) in [4.78, 5) is 12.5. The molecule has 0 saturated carbocycles. The largest absolute Gasteiger partial charge is 0.388 e. The monoisotopic (exact) mass is 339 g/mol. The minimum absolute atomic E-state index is 0.121. The summed E-state index contributed by atoms with van der Waals surface area (Å²) in [5.74, 6) is -0.121. The van der Waals surface area contributed by atoms with Crippen LogP contribution < -0.4 is 5.32 Å². The van der Waals surface area contributed by atoms with Gasteiger partial charge in [-0.1, -0.05) is 0 Å². The molecule has 5 heteroatoms. The normalized spacial score (nSPS) is 13.7. The smallest absolute Gasteiger partial charge is 0.262 e. The van der Waals surface area contributed by atoms with Crippen molar-refractivity contribution in [2.24, 2.45) is 0 Å². The third kappa shape index (κ3) is 3.42. The number of aliphatic hydroxyl groups is 1. The lowest BCUT2D eigenvalue weighted by Crippen LogP contribution is -2.47. The zero-order chi connectivity index (χ0) is 11.6. The summed E-state index contributed by atoms with van der Waals surface area (Å²) in [5.41, 5.74) is -0.904.